The average Bonchev–Trinajstić information content (AvgIpc) is 3.17. The molecule has 0 saturated heterocycles. The van der Waals surface area contributed by atoms with E-state index in [1.807, 2.05) is 6.07 Å². The average molecular weight is 392 g/mol. The number of benzene rings is 1. The van der Waals surface area contributed by atoms with Crippen molar-refractivity contribution in [1.82, 2.24) is 14.5 Å². The monoisotopic (exact) mass is 392 g/mol. The van der Waals surface area contributed by atoms with Crippen LogP contribution in [-0.4, -0.2) is 36.9 Å². The fourth-order valence-electron chi connectivity index (χ4n) is 3.59. The Hall–Kier alpha value is -2.81. The minimum absolute atomic E-state index is 0.141. The third kappa shape index (κ3) is 3.37. The van der Waals surface area contributed by atoms with Gasteiger partial charge in [-0.25, -0.2) is 9.97 Å². The molecule has 0 aliphatic heterocycles. The summed E-state index contributed by atoms with van der Waals surface area (Å²) in [7, 11) is 1.71. The van der Waals surface area contributed by atoms with Gasteiger partial charge in [0.25, 0.3) is 0 Å². The Morgan fingerprint density at radius 3 is 2.57 bits per heavy atom. The Kier molecular flexibility index (Phi) is 4.41. The van der Waals surface area contributed by atoms with E-state index < -0.39 is 17.5 Å². The summed E-state index contributed by atoms with van der Waals surface area (Å²) in [4.78, 5) is 8.88. The lowest BCUT2D eigenvalue weighted by atomic mass is 10.1. The van der Waals surface area contributed by atoms with Crippen molar-refractivity contribution in [3.63, 3.8) is 0 Å². The summed E-state index contributed by atoms with van der Waals surface area (Å²) in [6, 6.07) is 6.57. The predicted octanol–water partition coefficient (Wildman–Crippen LogP) is 3.69. The van der Waals surface area contributed by atoms with Crippen LogP contribution in [0.1, 0.15) is 24.8 Å². The number of phenolic OH excluding ortho intramolecular Hbond substituents is 1. The molecule has 0 radical (unpaired) electrons. The highest BCUT2D eigenvalue weighted by atomic mass is 19.4. The summed E-state index contributed by atoms with van der Waals surface area (Å²) in [6.07, 6.45) is -2.56. The molecule has 1 aliphatic carbocycles. The fourth-order valence-corrected chi connectivity index (χ4v) is 3.59. The molecule has 2 aromatic heterocycles. The van der Waals surface area contributed by atoms with Crippen LogP contribution in [0.4, 0.5) is 19.0 Å². The number of anilines is 1. The van der Waals surface area contributed by atoms with Gasteiger partial charge < -0.3 is 20.1 Å². The SMILES string of the molecule is Cn1c(-c2ccc(C(F)(F)F)cc2O)nc2nc(NC3CCC(O)C3)ccc21. The van der Waals surface area contributed by atoms with Crippen LogP contribution >= 0.6 is 0 Å². The maximum absolute atomic E-state index is 12.8. The van der Waals surface area contributed by atoms with Crippen molar-refractivity contribution >= 4 is 17.0 Å². The standard InChI is InChI=1S/C19H19F3N4O2/c1-26-14-6-7-16(23-11-3-4-12(27)9-11)24-17(14)25-18(26)13-5-2-10(8-15(13)28)19(20,21)22/h2,5-8,11-12,27-28H,3-4,9H2,1H3,(H,23,24). The Bertz CT molecular complexity index is 1030. The van der Waals surface area contributed by atoms with E-state index in [4.69, 9.17) is 0 Å². The number of fused-ring (bicyclic) bond motifs is 1. The van der Waals surface area contributed by atoms with Crippen LogP contribution < -0.4 is 5.32 Å². The van der Waals surface area contributed by atoms with Crippen LogP contribution in [-0.2, 0) is 13.2 Å². The highest BCUT2D eigenvalue weighted by Gasteiger charge is 2.31. The Labute approximate surface area is 158 Å². The van der Waals surface area contributed by atoms with Crippen molar-refractivity contribution in [1.29, 1.82) is 0 Å². The van der Waals surface area contributed by atoms with E-state index in [1.54, 1.807) is 17.7 Å². The van der Waals surface area contributed by atoms with E-state index in [-0.39, 0.29) is 17.7 Å². The summed E-state index contributed by atoms with van der Waals surface area (Å²) < 4.78 is 40.1. The Morgan fingerprint density at radius 2 is 1.93 bits per heavy atom. The number of nitrogens with zero attached hydrogens (tertiary/aromatic N) is 3. The molecular formula is C19H19F3N4O2. The van der Waals surface area contributed by atoms with Crippen LogP contribution in [0.15, 0.2) is 30.3 Å². The number of nitrogens with one attached hydrogen (secondary N) is 1. The van der Waals surface area contributed by atoms with E-state index in [2.05, 4.69) is 15.3 Å². The molecule has 1 saturated carbocycles. The normalized spacial score (nSPS) is 20.0. The van der Waals surface area contributed by atoms with Gasteiger partial charge in [-0.1, -0.05) is 0 Å². The van der Waals surface area contributed by atoms with E-state index in [1.165, 1.54) is 6.07 Å². The fraction of sp³-hybridized carbons (Fsp3) is 0.368. The van der Waals surface area contributed by atoms with E-state index in [9.17, 15) is 23.4 Å². The number of aromatic hydroxyl groups is 1. The van der Waals surface area contributed by atoms with Crippen LogP contribution in [0.25, 0.3) is 22.6 Å². The van der Waals surface area contributed by atoms with Crippen molar-refractivity contribution in [2.24, 2.45) is 7.05 Å². The summed E-state index contributed by atoms with van der Waals surface area (Å²) in [6.45, 7) is 0. The number of phenols is 1. The molecule has 6 nitrogen and oxygen atoms in total. The zero-order valence-electron chi connectivity index (χ0n) is 15.0. The second-order valence-corrected chi connectivity index (χ2v) is 7.07. The van der Waals surface area contributed by atoms with Gasteiger partial charge in [0.1, 0.15) is 17.4 Å². The number of aliphatic hydroxyl groups is 1. The lowest BCUT2D eigenvalue weighted by molar-refractivity contribution is -0.137. The van der Waals surface area contributed by atoms with Crippen molar-refractivity contribution in [3.05, 3.63) is 35.9 Å². The quantitative estimate of drug-likeness (QED) is 0.633. The van der Waals surface area contributed by atoms with Gasteiger partial charge in [-0.3, -0.25) is 0 Å². The van der Waals surface area contributed by atoms with Crippen molar-refractivity contribution in [2.45, 2.75) is 37.6 Å². The summed E-state index contributed by atoms with van der Waals surface area (Å²) in [5, 5.41) is 23.0. The maximum Gasteiger partial charge on any atom is 0.416 e. The highest BCUT2D eigenvalue weighted by molar-refractivity contribution is 5.80. The molecule has 0 bridgehead atoms. The molecule has 4 rings (SSSR count). The van der Waals surface area contributed by atoms with E-state index in [0.29, 0.717) is 35.3 Å². The molecule has 1 fully saturated rings. The summed E-state index contributed by atoms with van der Waals surface area (Å²) in [5.41, 5.74) is 0.379. The number of aliphatic hydroxyl groups excluding tert-OH is 1. The number of rotatable bonds is 3. The molecule has 2 unspecified atom stereocenters. The van der Waals surface area contributed by atoms with Gasteiger partial charge in [-0.05, 0) is 49.6 Å². The molecule has 0 spiro atoms. The minimum Gasteiger partial charge on any atom is -0.507 e. The number of aryl methyl sites for hydroxylation is 1. The molecular weight excluding hydrogens is 373 g/mol. The first-order chi connectivity index (χ1) is 13.2. The maximum atomic E-state index is 12.8. The van der Waals surface area contributed by atoms with Gasteiger partial charge in [0, 0.05) is 13.1 Å². The first kappa shape index (κ1) is 18.5. The van der Waals surface area contributed by atoms with Crippen LogP contribution in [0.5, 0.6) is 5.75 Å². The van der Waals surface area contributed by atoms with Gasteiger partial charge >= 0.3 is 6.18 Å². The van der Waals surface area contributed by atoms with Crippen LogP contribution in [0.3, 0.4) is 0 Å². The van der Waals surface area contributed by atoms with Crippen molar-refractivity contribution in [3.8, 4) is 17.1 Å². The summed E-state index contributed by atoms with van der Waals surface area (Å²) in [5.74, 6) is 0.446. The number of pyridine rings is 1. The molecule has 0 amide bonds. The van der Waals surface area contributed by atoms with Crippen LogP contribution in [0.2, 0.25) is 0 Å². The van der Waals surface area contributed by atoms with Gasteiger partial charge in [0.05, 0.1) is 22.7 Å². The van der Waals surface area contributed by atoms with Gasteiger partial charge in [-0.2, -0.15) is 13.2 Å². The summed E-state index contributed by atoms with van der Waals surface area (Å²) >= 11 is 0. The van der Waals surface area contributed by atoms with E-state index in [0.717, 1.165) is 18.9 Å². The van der Waals surface area contributed by atoms with Gasteiger partial charge in [0.15, 0.2) is 5.65 Å². The Morgan fingerprint density at radius 1 is 1.14 bits per heavy atom. The smallest absolute Gasteiger partial charge is 0.416 e. The molecule has 3 aromatic rings. The van der Waals surface area contributed by atoms with Gasteiger partial charge in [-0.15, -0.1) is 0 Å². The number of aromatic nitrogens is 3. The number of alkyl halides is 3. The number of imidazole rings is 1. The number of hydrogen-bond acceptors (Lipinski definition) is 5. The zero-order chi connectivity index (χ0) is 20.1. The molecule has 148 valence electrons. The number of hydrogen-bond donors (Lipinski definition) is 3. The highest BCUT2D eigenvalue weighted by Crippen LogP contribution is 2.37. The second-order valence-electron chi connectivity index (χ2n) is 7.07. The largest absolute Gasteiger partial charge is 0.507 e. The molecule has 2 heterocycles. The lowest BCUT2D eigenvalue weighted by Gasteiger charge is -2.12. The third-order valence-corrected chi connectivity index (χ3v) is 5.07. The van der Waals surface area contributed by atoms with Crippen molar-refractivity contribution in [2.75, 3.05) is 5.32 Å². The van der Waals surface area contributed by atoms with Crippen LogP contribution in [0, 0.1) is 0 Å². The first-order valence-electron chi connectivity index (χ1n) is 8.91. The topological polar surface area (TPSA) is 83.2 Å². The molecule has 28 heavy (non-hydrogen) atoms. The third-order valence-electron chi connectivity index (χ3n) is 5.07. The van der Waals surface area contributed by atoms with E-state index >= 15 is 0 Å². The van der Waals surface area contributed by atoms with Gasteiger partial charge in [0.2, 0.25) is 0 Å². The second kappa shape index (κ2) is 6.66. The first-order valence-corrected chi connectivity index (χ1v) is 8.91. The molecule has 2 atom stereocenters. The lowest BCUT2D eigenvalue weighted by Crippen LogP contribution is -2.17. The Balaban J connectivity index is 1.68. The predicted molar refractivity (Wildman–Crippen MR) is 97.9 cm³/mol. The number of halogens is 3. The molecule has 1 aromatic carbocycles. The zero-order valence-corrected chi connectivity index (χ0v) is 15.0. The minimum atomic E-state index is -4.53. The van der Waals surface area contributed by atoms with Crippen molar-refractivity contribution < 1.29 is 23.4 Å². The molecule has 1 aliphatic rings. The molecule has 9 heteroatoms. The molecule has 3 N–H and O–H groups in total.